The maximum Gasteiger partial charge on any atom is 0.165 e. The molecule has 4 heteroatoms. The summed E-state index contributed by atoms with van der Waals surface area (Å²) in [6.45, 7) is 1.07. The fraction of sp³-hybridized carbons (Fsp3) is 0.250. The molecule has 0 aliphatic heterocycles. The van der Waals surface area contributed by atoms with Gasteiger partial charge in [-0.1, -0.05) is 42.5 Å². The zero-order valence-corrected chi connectivity index (χ0v) is 11.8. The summed E-state index contributed by atoms with van der Waals surface area (Å²) in [4.78, 5) is 5.45. The molecule has 2 aromatic carbocycles. The Hall–Kier alpha value is -2.04. The third-order valence-electron chi connectivity index (χ3n) is 2.93. The number of para-hydroxylation sites is 1. The normalized spacial score (nSPS) is 10.3. The van der Waals surface area contributed by atoms with Crippen molar-refractivity contribution in [2.75, 3.05) is 14.2 Å². The number of hydrogen-bond acceptors (Lipinski definition) is 4. The van der Waals surface area contributed by atoms with Crippen molar-refractivity contribution in [1.29, 1.82) is 0 Å². The Morgan fingerprint density at radius 2 is 1.70 bits per heavy atom. The van der Waals surface area contributed by atoms with Crippen LogP contribution in [0.3, 0.4) is 0 Å². The van der Waals surface area contributed by atoms with Gasteiger partial charge in [0.1, 0.15) is 0 Å². The molecule has 0 amide bonds. The second-order valence-corrected chi connectivity index (χ2v) is 4.25. The van der Waals surface area contributed by atoms with Crippen LogP contribution in [-0.4, -0.2) is 14.2 Å². The van der Waals surface area contributed by atoms with Gasteiger partial charge >= 0.3 is 0 Å². The van der Waals surface area contributed by atoms with Gasteiger partial charge in [-0.3, -0.25) is 4.84 Å². The minimum atomic E-state index is 0.521. The van der Waals surface area contributed by atoms with Gasteiger partial charge in [0, 0.05) is 12.1 Å². The number of rotatable bonds is 7. The van der Waals surface area contributed by atoms with E-state index in [1.165, 1.54) is 0 Å². The van der Waals surface area contributed by atoms with Gasteiger partial charge in [-0.2, -0.15) is 5.48 Å². The van der Waals surface area contributed by atoms with Crippen molar-refractivity contribution in [2.45, 2.75) is 13.2 Å². The quantitative estimate of drug-likeness (QED) is 0.622. The van der Waals surface area contributed by atoms with Gasteiger partial charge < -0.3 is 9.47 Å². The average molecular weight is 273 g/mol. The molecule has 0 unspecified atom stereocenters. The zero-order chi connectivity index (χ0) is 14.2. The highest BCUT2D eigenvalue weighted by atomic mass is 16.6. The van der Waals surface area contributed by atoms with E-state index in [0.29, 0.717) is 13.2 Å². The Morgan fingerprint density at radius 1 is 0.900 bits per heavy atom. The van der Waals surface area contributed by atoms with Crippen LogP contribution < -0.4 is 15.0 Å². The smallest absolute Gasteiger partial charge is 0.165 e. The van der Waals surface area contributed by atoms with E-state index in [1.54, 1.807) is 14.2 Å². The van der Waals surface area contributed by atoms with E-state index in [-0.39, 0.29) is 0 Å². The summed E-state index contributed by atoms with van der Waals surface area (Å²) in [6.07, 6.45) is 0. The lowest BCUT2D eigenvalue weighted by Gasteiger charge is -2.13. The molecule has 4 nitrogen and oxygen atoms in total. The summed E-state index contributed by atoms with van der Waals surface area (Å²) in [5.74, 6) is 1.45. The van der Waals surface area contributed by atoms with E-state index >= 15 is 0 Å². The molecule has 20 heavy (non-hydrogen) atoms. The molecule has 0 saturated carbocycles. The van der Waals surface area contributed by atoms with E-state index < -0.39 is 0 Å². The first-order valence-electron chi connectivity index (χ1n) is 6.43. The first-order chi connectivity index (χ1) is 9.85. The molecule has 2 aromatic rings. The van der Waals surface area contributed by atoms with Crippen LogP contribution in [0.4, 0.5) is 0 Å². The van der Waals surface area contributed by atoms with Crippen LogP contribution in [0.25, 0.3) is 0 Å². The Labute approximate surface area is 119 Å². The van der Waals surface area contributed by atoms with Gasteiger partial charge in [-0.25, -0.2) is 0 Å². The second kappa shape index (κ2) is 7.53. The highest BCUT2D eigenvalue weighted by Crippen LogP contribution is 2.30. The van der Waals surface area contributed by atoms with E-state index in [9.17, 15) is 0 Å². The predicted molar refractivity (Wildman–Crippen MR) is 77.6 cm³/mol. The number of nitrogens with one attached hydrogen (secondary N) is 1. The van der Waals surface area contributed by atoms with Gasteiger partial charge in [0.05, 0.1) is 20.8 Å². The van der Waals surface area contributed by atoms with Crippen molar-refractivity contribution in [2.24, 2.45) is 0 Å². The molecular formula is C16H19NO3. The van der Waals surface area contributed by atoms with Crippen LogP contribution in [0.1, 0.15) is 11.1 Å². The Bertz CT molecular complexity index is 529. The molecule has 0 spiro atoms. The van der Waals surface area contributed by atoms with Crippen LogP contribution in [0.2, 0.25) is 0 Å². The average Bonchev–Trinajstić information content (AvgIpc) is 2.52. The summed E-state index contributed by atoms with van der Waals surface area (Å²) in [5.41, 5.74) is 5.05. The molecule has 1 N–H and O–H groups in total. The molecule has 0 bridgehead atoms. The van der Waals surface area contributed by atoms with Crippen molar-refractivity contribution in [1.82, 2.24) is 5.48 Å². The Balaban J connectivity index is 1.88. The molecular weight excluding hydrogens is 254 g/mol. The molecule has 0 fully saturated rings. The first kappa shape index (κ1) is 14.4. The van der Waals surface area contributed by atoms with Crippen LogP contribution in [0.15, 0.2) is 48.5 Å². The molecule has 0 atom stereocenters. The van der Waals surface area contributed by atoms with Gasteiger partial charge in [0.2, 0.25) is 0 Å². The molecule has 0 aliphatic carbocycles. The van der Waals surface area contributed by atoms with Gasteiger partial charge in [0.15, 0.2) is 11.5 Å². The van der Waals surface area contributed by atoms with Crippen molar-refractivity contribution >= 4 is 0 Å². The first-order valence-corrected chi connectivity index (χ1v) is 6.43. The SMILES string of the molecule is COc1cccc(CNOCc2ccccc2)c1OC. The van der Waals surface area contributed by atoms with Crippen LogP contribution >= 0.6 is 0 Å². The lowest BCUT2D eigenvalue weighted by Crippen LogP contribution is -2.14. The summed E-state index contributed by atoms with van der Waals surface area (Å²) in [6, 6.07) is 15.8. The molecule has 2 rings (SSSR count). The number of hydroxylamine groups is 1. The van der Waals surface area contributed by atoms with Crippen molar-refractivity contribution in [3.05, 3.63) is 59.7 Å². The molecule has 0 aliphatic rings. The topological polar surface area (TPSA) is 39.7 Å². The van der Waals surface area contributed by atoms with Gasteiger partial charge in [-0.15, -0.1) is 0 Å². The highest BCUT2D eigenvalue weighted by Gasteiger charge is 2.08. The predicted octanol–water partition coefficient (Wildman–Crippen LogP) is 2.93. The van der Waals surface area contributed by atoms with Crippen LogP contribution in [-0.2, 0) is 18.0 Å². The highest BCUT2D eigenvalue weighted by molar-refractivity contribution is 5.46. The number of ether oxygens (including phenoxy) is 2. The van der Waals surface area contributed by atoms with Crippen LogP contribution in [0.5, 0.6) is 11.5 Å². The summed E-state index contributed by atoms with van der Waals surface area (Å²) in [5, 5.41) is 0. The second-order valence-electron chi connectivity index (χ2n) is 4.25. The third kappa shape index (κ3) is 3.73. The van der Waals surface area contributed by atoms with E-state index in [0.717, 1.165) is 22.6 Å². The maximum atomic E-state index is 5.45. The van der Waals surface area contributed by atoms with E-state index in [4.69, 9.17) is 14.3 Å². The molecule has 0 heterocycles. The minimum Gasteiger partial charge on any atom is -0.493 e. The summed E-state index contributed by atoms with van der Waals surface area (Å²) < 4.78 is 10.6. The summed E-state index contributed by atoms with van der Waals surface area (Å²) >= 11 is 0. The standard InChI is InChI=1S/C16H19NO3/c1-18-15-10-6-9-14(16(15)19-2)11-17-20-12-13-7-4-3-5-8-13/h3-10,17H,11-12H2,1-2H3. The molecule has 0 saturated heterocycles. The molecule has 0 aromatic heterocycles. The fourth-order valence-corrected chi connectivity index (χ4v) is 1.93. The zero-order valence-electron chi connectivity index (χ0n) is 11.8. The van der Waals surface area contributed by atoms with Crippen molar-refractivity contribution in [3.63, 3.8) is 0 Å². The number of benzene rings is 2. The van der Waals surface area contributed by atoms with Gasteiger partial charge in [-0.05, 0) is 11.6 Å². The Morgan fingerprint density at radius 3 is 2.40 bits per heavy atom. The lowest BCUT2D eigenvalue weighted by atomic mass is 10.2. The monoisotopic (exact) mass is 273 g/mol. The molecule has 0 radical (unpaired) electrons. The van der Waals surface area contributed by atoms with E-state index in [2.05, 4.69) is 5.48 Å². The fourth-order valence-electron chi connectivity index (χ4n) is 1.93. The van der Waals surface area contributed by atoms with Crippen molar-refractivity contribution in [3.8, 4) is 11.5 Å². The number of hydrogen-bond donors (Lipinski definition) is 1. The van der Waals surface area contributed by atoms with Crippen molar-refractivity contribution < 1.29 is 14.3 Å². The number of methoxy groups -OCH3 is 2. The van der Waals surface area contributed by atoms with E-state index in [1.807, 2.05) is 48.5 Å². The minimum absolute atomic E-state index is 0.521. The van der Waals surface area contributed by atoms with Gasteiger partial charge in [0.25, 0.3) is 0 Å². The maximum absolute atomic E-state index is 5.45. The summed E-state index contributed by atoms with van der Waals surface area (Å²) in [7, 11) is 3.26. The van der Waals surface area contributed by atoms with Crippen LogP contribution in [0, 0.1) is 0 Å². The third-order valence-corrected chi connectivity index (χ3v) is 2.93. The Kier molecular flexibility index (Phi) is 5.41. The molecule has 106 valence electrons. The largest absolute Gasteiger partial charge is 0.493 e. The lowest BCUT2D eigenvalue weighted by molar-refractivity contribution is 0.0231.